The molecule has 0 saturated heterocycles. The molecule has 0 aliphatic heterocycles. The molecule has 0 saturated carbocycles. The van der Waals surface area contributed by atoms with Crippen LogP contribution in [-0.4, -0.2) is 50.8 Å². The molecule has 8 heteroatoms. The highest BCUT2D eigenvalue weighted by molar-refractivity contribution is 6.15. The molecule has 0 bridgehead atoms. The van der Waals surface area contributed by atoms with Gasteiger partial charge < -0.3 is 19.5 Å². The number of ether oxygens (including phenoxy) is 3. The average molecular weight is 431 g/mol. The number of carbonyl (C=O) groups excluding carboxylic acids is 3. The lowest BCUT2D eigenvalue weighted by atomic mass is 10.1. The molecule has 1 aromatic carbocycles. The van der Waals surface area contributed by atoms with Gasteiger partial charge in [-0.2, -0.15) is 5.26 Å². The third kappa shape index (κ3) is 12.7. The van der Waals surface area contributed by atoms with E-state index in [0.29, 0.717) is 19.4 Å². The molecular formula is C23H30N2O6. The Bertz CT molecular complexity index is 783. The maximum Gasteiger partial charge on any atom is 0.348 e. The third-order valence-corrected chi connectivity index (χ3v) is 3.88. The smallest absolute Gasteiger partial charge is 0.348 e. The molecule has 1 N–H and O–H groups in total. The molecule has 0 aliphatic rings. The molecule has 168 valence electrons. The zero-order valence-corrected chi connectivity index (χ0v) is 18.3. The van der Waals surface area contributed by atoms with Crippen LogP contribution in [0.15, 0.2) is 54.6 Å². The number of rotatable bonds is 11. The maximum absolute atomic E-state index is 11.5. The van der Waals surface area contributed by atoms with Gasteiger partial charge >= 0.3 is 11.9 Å². The lowest BCUT2D eigenvalue weighted by Crippen LogP contribution is -2.30. The van der Waals surface area contributed by atoms with Crippen molar-refractivity contribution in [2.75, 3.05) is 26.9 Å². The standard InChI is InChI=1S/C14H17NO3.C9H13NO3/c1-3-18-14(17)11(2)13(16)15-10-9-12-7-5-4-6-8-12;1-7(6-10)9(11)13-5-4-8(2)12-3/h4-8H,2-3,9-10H2,1H3,(H,15,16);8H,1,4-5H2,2-3H3. The van der Waals surface area contributed by atoms with E-state index in [2.05, 4.69) is 18.5 Å². The van der Waals surface area contributed by atoms with Gasteiger partial charge in [-0.3, -0.25) is 4.79 Å². The van der Waals surface area contributed by atoms with Gasteiger partial charge in [-0.25, -0.2) is 9.59 Å². The molecule has 0 aromatic heterocycles. The van der Waals surface area contributed by atoms with Crippen LogP contribution < -0.4 is 5.32 Å². The molecule has 1 aromatic rings. The van der Waals surface area contributed by atoms with Crippen molar-refractivity contribution in [3.8, 4) is 6.07 Å². The summed E-state index contributed by atoms with van der Waals surface area (Å²) < 4.78 is 14.4. The molecule has 1 atom stereocenters. The fraction of sp³-hybridized carbons (Fsp3) is 0.391. The largest absolute Gasteiger partial charge is 0.462 e. The molecule has 0 heterocycles. The second-order valence-corrected chi connectivity index (χ2v) is 6.25. The average Bonchev–Trinajstić information content (AvgIpc) is 2.78. The highest BCUT2D eigenvalue weighted by atomic mass is 16.5. The van der Waals surface area contributed by atoms with Crippen molar-refractivity contribution < 1.29 is 28.6 Å². The second-order valence-electron chi connectivity index (χ2n) is 6.25. The minimum absolute atomic E-state index is 0.0446. The number of hydrogen-bond donors (Lipinski definition) is 1. The zero-order valence-electron chi connectivity index (χ0n) is 18.3. The first-order valence-corrected chi connectivity index (χ1v) is 9.73. The molecule has 0 spiro atoms. The first kappa shape index (κ1) is 27.6. The molecule has 0 fully saturated rings. The van der Waals surface area contributed by atoms with Crippen LogP contribution in [0.4, 0.5) is 0 Å². The summed E-state index contributed by atoms with van der Waals surface area (Å²) in [6.07, 6.45) is 1.37. The lowest BCUT2D eigenvalue weighted by Gasteiger charge is -2.08. The van der Waals surface area contributed by atoms with E-state index >= 15 is 0 Å². The van der Waals surface area contributed by atoms with Crippen molar-refractivity contribution in [1.29, 1.82) is 5.26 Å². The predicted octanol–water partition coefficient (Wildman–Crippen LogP) is 2.50. The van der Waals surface area contributed by atoms with Crippen LogP contribution in [0.5, 0.6) is 0 Å². The minimum atomic E-state index is -0.672. The van der Waals surface area contributed by atoms with Gasteiger partial charge in [0.15, 0.2) is 0 Å². The molecule has 8 nitrogen and oxygen atoms in total. The van der Waals surface area contributed by atoms with Crippen LogP contribution in [0.25, 0.3) is 0 Å². The van der Waals surface area contributed by atoms with Gasteiger partial charge in [0.25, 0.3) is 5.91 Å². The predicted molar refractivity (Wildman–Crippen MR) is 116 cm³/mol. The fourth-order valence-corrected chi connectivity index (χ4v) is 1.95. The van der Waals surface area contributed by atoms with Crippen molar-refractivity contribution in [3.05, 3.63) is 60.2 Å². The van der Waals surface area contributed by atoms with E-state index < -0.39 is 17.8 Å². The summed E-state index contributed by atoms with van der Waals surface area (Å²) in [6.45, 7) is 11.1. The van der Waals surface area contributed by atoms with Gasteiger partial charge in [0, 0.05) is 20.1 Å². The summed E-state index contributed by atoms with van der Waals surface area (Å²) in [5, 5.41) is 10.9. The van der Waals surface area contributed by atoms with Crippen molar-refractivity contribution in [1.82, 2.24) is 5.32 Å². The van der Waals surface area contributed by atoms with Crippen molar-refractivity contribution in [2.24, 2.45) is 0 Å². The topological polar surface area (TPSA) is 115 Å². The number of benzene rings is 1. The number of amides is 1. The molecule has 1 rings (SSSR count). The highest BCUT2D eigenvalue weighted by Crippen LogP contribution is 2.00. The van der Waals surface area contributed by atoms with E-state index in [4.69, 9.17) is 19.5 Å². The van der Waals surface area contributed by atoms with E-state index in [0.717, 1.165) is 5.56 Å². The summed E-state index contributed by atoms with van der Waals surface area (Å²) in [5.41, 5.74) is 0.787. The SMILES string of the molecule is C=C(C#N)C(=O)OCCC(C)OC.C=C(C(=O)NCCc1ccccc1)C(=O)OCC. The van der Waals surface area contributed by atoms with E-state index in [1.165, 1.54) is 0 Å². The van der Waals surface area contributed by atoms with Crippen molar-refractivity contribution in [3.63, 3.8) is 0 Å². The van der Waals surface area contributed by atoms with Crippen LogP contribution in [0, 0.1) is 11.3 Å². The number of methoxy groups -OCH3 is 1. The molecule has 1 unspecified atom stereocenters. The Balaban J connectivity index is 0.000000615. The Kier molecular flexibility index (Phi) is 14.6. The Morgan fingerprint density at radius 1 is 1.13 bits per heavy atom. The van der Waals surface area contributed by atoms with Crippen LogP contribution in [0.2, 0.25) is 0 Å². The first-order chi connectivity index (χ1) is 14.8. The van der Waals surface area contributed by atoms with Gasteiger partial charge in [0.2, 0.25) is 0 Å². The lowest BCUT2D eigenvalue weighted by molar-refractivity contribution is -0.141. The zero-order chi connectivity index (χ0) is 23.6. The normalized spacial score (nSPS) is 10.4. The summed E-state index contributed by atoms with van der Waals surface area (Å²) in [5.74, 6) is -1.81. The minimum Gasteiger partial charge on any atom is -0.462 e. The van der Waals surface area contributed by atoms with E-state index in [1.807, 2.05) is 37.3 Å². The number of nitriles is 1. The van der Waals surface area contributed by atoms with Crippen molar-refractivity contribution in [2.45, 2.75) is 32.8 Å². The number of nitrogens with one attached hydrogen (secondary N) is 1. The molecule has 1 amide bonds. The number of carbonyl (C=O) groups is 3. The quantitative estimate of drug-likeness (QED) is 0.189. The van der Waals surface area contributed by atoms with Gasteiger partial charge in [0.1, 0.15) is 17.2 Å². The number of esters is 2. The first-order valence-electron chi connectivity index (χ1n) is 9.73. The summed E-state index contributed by atoms with van der Waals surface area (Å²) >= 11 is 0. The molecule has 0 aliphatic carbocycles. The Morgan fingerprint density at radius 2 is 1.77 bits per heavy atom. The Hall–Kier alpha value is -3.44. The fourth-order valence-electron chi connectivity index (χ4n) is 1.95. The van der Waals surface area contributed by atoms with Gasteiger partial charge in [-0.1, -0.05) is 43.5 Å². The summed E-state index contributed by atoms with van der Waals surface area (Å²) in [7, 11) is 1.58. The van der Waals surface area contributed by atoms with E-state index in [9.17, 15) is 14.4 Å². The number of nitrogens with zero attached hydrogens (tertiary/aromatic N) is 1. The third-order valence-electron chi connectivity index (χ3n) is 3.88. The van der Waals surface area contributed by atoms with Gasteiger partial charge in [0.05, 0.1) is 19.3 Å². The van der Waals surface area contributed by atoms with Crippen LogP contribution in [0.1, 0.15) is 25.8 Å². The van der Waals surface area contributed by atoms with Crippen LogP contribution in [0.3, 0.4) is 0 Å². The summed E-state index contributed by atoms with van der Waals surface area (Å²) in [4.78, 5) is 33.6. The molecule has 0 radical (unpaired) electrons. The van der Waals surface area contributed by atoms with Gasteiger partial charge in [-0.15, -0.1) is 0 Å². The highest BCUT2D eigenvalue weighted by Gasteiger charge is 2.15. The second kappa shape index (κ2) is 16.4. The molecule has 31 heavy (non-hydrogen) atoms. The summed E-state index contributed by atoms with van der Waals surface area (Å²) in [6, 6.07) is 11.4. The monoisotopic (exact) mass is 430 g/mol. The van der Waals surface area contributed by atoms with Crippen molar-refractivity contribution >= 4 is 17.8 Å². The Morgan fingerprint density at radius 3 is 2.32 bits per heavy atom. The van der Waals surface area contributed by atoms with E-state index in [-0.39, 0.29) is 30.5 Å². The number of hydrogen-bond acceptors (Lipinski definition) is 7. The van der Waals surface area contributed by atoms with Crippen LogP contribution >= 0.6 is 0 Å². The van der Waals surface area contributed by atoms with Gasteiger partial charge in [-0.05, 0) is 25.8 Å². The Labute approximate surface area is 183 Å². The van der Waals surface area contributed by atoms with Crippen LogP contribution in [-0.2, 0) is 35.0 Å². The maximum atomic E-state index is 11.5. The molecular weight excluding hydrogens is 400 g/mol. The van der Waals surface area contributed by atoms with E-state index in [1.54, 1.807) is 20.1 Å².